The van der Waals surface area contributed by atoms with Crippen LogP contribution in [-0.4, -0.2) is 10.1 Å². The second kappa shape index (κ2) is 3.81. The zero-order chi connectivity index (χ0) is 9.90. The Bertz CT molecular complexity index is 430. The third-order valence-electron chi connectivity index (χ3n) is 1.40. The van der Waals surface area contributed by atoms with E-state index in [0.29, 0.717) is 4.90 Å². The maximum Gasteiger partial charge on any atom is 0.189 e. The van der Waals surface area contributed by atoms with Gasteiger partial charge in [-0.3, -0.25) is 0 Å². The third-order valence-corrected chi connectivity index (χ3v) is 3.39. The molecule has 0 fully saturated rings. The standard InChI is InChI=1S/C8H7BrN2OS/c1-13(12,11-6-10)8-4-2-7(9)3-5-8/h2-5H,1H2,(H,11,12). The van der Waals surface area contributed by atoms with Crippen molar-refractivity contribution in [2.45, 2.75) is 4.90 Å². The molecule has 1 aromatic rings. The Hall–Kier alpha value is -0.990. The summed E-state index contributed by atoms with van der Waals surface area (Å²) in [5.74, 6) is 3.44. The number of hydrogen-bond acceptors (Lipinski definition) is 2. The molecule has 0 spiro atoms. The van der Waals surface area contributed by atoms with Crippen LogP contribution in [0.25, 0.3) is 0 Å². The molecule has 1 rings (SSSR count). The minimum absolute atomic E-state index is 0.511. The van der Waals surface area contributed by atoms with E-state index in [1.165, 1.54) is 0 Å². The zero-order valence-corrected chi connectivity index (χ0v) is 9.06. The summed E-state index contributed by atoms with van der Waals surface area (Å²) in [4.78, 5) is 0.511. The molecule has 0 heterocycles. The highest BCUT2D eigenvalue weighted by atomic mass is 79.9. The van der Waals surface area contributed by atoms with E-state index in [4.69, 9.17) is 5.26 Å². The Balaban J connectivity index is 3.11. The van der Waals surface area contributed by atoms with Gasteiger partial charge in [-0.15, -0.1) is 0 Å². The number of nitrogens with one attached hydrogen (secondary N) is 1. The van der Waals surface area contributed by atoms with Gasteiger partial charge < -0.3 is 0 Å². The van der Waals surface area contributed by atoms with Gasteiger partial charge in [0.15, 0.2) is 6.19 Å². The highest BCUT2D eigenvalue weighted by Crippen LogP contribution is 2.13. The third kappa shape index (κ3) is 2.47. The lowest BCUT2D eigenvalue weighted by Crippen LogP contribution is -2.17. The summed E-state index contributed by atoms with van der Waals surface area (Å²) in [5, 5.41) is 8.33. The molecule has 0 aromatic heterocycles. The quantitative estimate of drug-likeness (QED) is 0.497. The Morgan fingerprint density at radius 1 is 1.46 bits per heavy atom. The van der Waals surface area contributed by atoms with Gasteiger partial charge in [-0.1, -0.05) is 15.9 Å². The van der Waals surface area contributed by atoms with Crippen LogP contribution in [0.3, 0.4) is 0 Å². The van der Waals surface area contributed by atoms with Crippen molar-refractivity contribution in [1.29, 1.82) is 5.26 Å². The van der Waals surface area contributed by atoms with Crippen LogP contribution in [0.5, 0.6) is 0 Å². The number of rotatable bonds is 2. The average Bonchev–Trinajstić information content (AvgIpc) is 2.05. The first-order chi connectivity index (χ1) is 6.06. The topological polar surface area (TPSA) is 52.9 Å². The summed E-state index contributed by atoms with van der Waals surface area (Å²) >= 11 is 3.25. The van der Waals surface area contributed by atoms with Crippen LogP contribution in [0.2, 0.25) is 0 Å². The van der Waals surface area contributed by atoms with Crippen LogP contribution in [0.15, 0.2) is 33.6 Å². The van der Waals surface area contributed by atoms with Crippen molar-refractivity contribution in [2.24, 2.45) is 0 Å². The Kier molecular flexibility index (Phi) is 2.96. The summed E-state index contributed by atoms with van der Waals surface area (Å²) < 4.78 is 14.7. The molecule has 3 nitrogen and oxygen atoms in total. The summed E-state index contributed by atoms with van der Waals surface area (Å²) in [5.41, 5.74) is 0. The number of nitrogens with zero attached hydrogens (tertiary/aromatic N) is 1. The van der Waals surface area contributed by atoms with Gasteiger partial charge in [0.05, 0.1) is 14.6 Å². The van der Waals surface area contributed by atoms with Crippen molar-refractivity contribution >= 4 is 31.5 Å². The van der Waals surface area contributed by atoms with Crippen molar-refractivity contribution in [3.63, 3.8) is 0 Å². The second-order valence-electron chi connectivity index (χ2n) is 2.34. The summed E-state index contributed by atoms with van der Waals surface area (Å²) in [6.07, 6.45) is 1.62. The Labute approximate surface area is 85.7 Å². The largest absolute Gasteiger partial charge is 0.246 e. The normalized spacial score (nSPS) is 14.2. The number of halogens is 1. The molecule has 1 atom stereocenters. The molecule has 0 saturated heterocycles. The lowest BCUT2D eigenvalue weighted by molar-refractivity contribution is 0.678. The number of nitriles is 1. The van der Waals surface area contributed by atoms with Crippen molar-refractivity contribution < 1.29 is 4.21 Å². The van der Waals surface area contributed by atoms with E-state index in [-0.39, 0.29) is 0 Å². The van der Waals surface area contributed by atoms with Gasteiger partial charge in [-0.05, 0) is 30.1 Å². The molecule has 1 aromatic carbocycles. The van der Waals surface area contributed by atoms with Crippen LogP contribution in [0.1, 0.15) is 0 Å². The van der Waals surface area contributed by atoms with Crippen molar-refractivity contribution in [1.82, 2.24) is 4.72 Å². The van der Waals surface area contributed by atoms with Crippen molar-refractivity contribution in [2.75, 3.05) is 0 Å². The first kappa shape index (κ1) is 10.1. The van der Waals surface area contributed by atoms with E-state index in [2.05, 4.69) is 26.5 Å². The van der Waals surface area contributed by atoms with Crippen LogP contribution in [0, 0.1) is 11.5 Å². The minimum Gasteiger partial charge on any atom is -0.246 e. The van der Waals surface area contributed by atoms with Gasteiger partial charge in [0.25, 0.3) is 0 Å². The average molecular weight is 259 g/mol. The van der Waals surface area contributed by atoms with E-state index >= 15 is 0 Å². The van der Waals surface area contributed by atoms with Crippen LogP contribution in [-0.2, 0) is 9.71 Å². The minimum atomic E-state index is -2.66. The molecule has 0 aliphatic carbocycles. The first-order valence-electron chi connectivity index (χ1n) is 3.35. The maximum absolute atomic E-state index is 11.6. The summed E-state index contributed by atoms with van der Waals surface area (Å²) in [6, 6.07) is 6.81. The van der Waals surface area contributed by atoms with Crippen molar-refractivity contribution in [3.05, 3.63) is 28.7 Å². The monoisotopic (exact) mass is 258 g/mol. The van der Waals surface area contributed by atoms with Gasteiger partial charge >= 0.3 is 0 Å². The molecular weight excluding hydrogens is 252 g/mol. The fourth-order valence-electron chi connectivity index (χ4n) is 0.787. The smallest absolute Gasteiger partial charge is 0.189 e. The van der Waals surface area contributed by atoms with E-state index < -0.39 is 9.71 Å². The highest BCUT2D eigenvalue weighted by Gasteiger charge is 2.04. The van der Waals surface area contributed by atoms with Crippen LogP contribution >= 0.6 is 15.9 Å². The van der Waals surface area contributed by atoms with Gasteiger partial charge in [0.2, 0.25) is 0 Å². The molecule has 13 heavy (non-hydrogen) atoms. The SMILES string of the molecule is C=S(=O)(NC#N)c1ccc(Br)cc1. The molecule has 0 radical (unpaired) electrons. The van der Waals surface area contributed by atoms with Gasteiger partial charge in [0.1, 0.15) is 0 Å². The van der Waals surface area contributed by atoms with E-state index in [1.807, 2.05) is 0 Å². The number of hydrogen-bond donors (Lipinski definition) is 1. The Morgan fingerprint density at radius 2 is 2.00 bits per heavy atom. The van der Waals surface area contributed by atoms with E-state index in [1.54, 1.807) is 30.5 Å². The van der Waals surface area contributed by atoms with Gasteiger partial charge in [-0.2, -0.15) is 5.26 Å². The van der Waals surface area contributed by atoms with Crippen LogP contribution in [0.4, 0.5) is 0 Å². The highest BCUT2D eigenvalue weighted by molar-refractivity contribution is 9.10. The molecule has 68 valence electrons. The first-order valence-corrected chi connectivity index (χ1v) is 5.87. The summed E-state index contributed by atoms with van der Waals surface area (Å²) in [7, 11) is -2.66. The molecule has 0 bridgehead atoms. The fourth-order valence-corrected chi connectivity index (χ4v) is 1.89. The zero-order valence-electron chi connectivity index (χ0n) is 6.66. The number of benzene rings is 1. The molecule has 0 aliphatic heterocycles. The van der Waals surface area contributed by atoms with E-state index in [0.717, 1.165) is 4.47 Å². The second-order valence-corrected chi connectivity index (χ2v) is 5.28. The van der Waals surface area contributed by atoms with E-state index in [9.17, 15) is 4.21 Å². The predicted octanol–water partition coefficient (Wildman–Crippen LogP) is 1.51. The summed E-state index contributed by atoms with van der Waals surface area (Å²) in [6.45, 7) is 0. The van der Waals surface area contributed by atoms with Crippen LogP contribution < -0.4 is 4.72 Å². The maximum atomic E-state index is 11.6. The fraction of sp³-hybridized carbons (Fsp3) is 0. The molecule has 0 amide bonds. The molecular formula is C8H7BrN2OS. The van der Waals surface area contributed by atoms with Gasteiger partial charge in [0, 0.05) is 4.47 Å². The predicted molar refractivity (Wildman–Crippen MR) is 56.4 cm³/mol. The molecule has 1 unspecified atom stereocenters. The lowest BCUT2D eigenvalue weighted by atomic mass is 10.4. The molecule has 5 heteroatoms. The molecule has 0 saturated carbocycles. The van der Waals surface area contributed by atoms with Gasteiger partial charge in [-0.25, -0.2) is 8.93 Å². The Morgan fingerprint density at radius 3 is 2.46 bits per heavy atom. The van der Waals surface area contributed by atoms with Crippen molar-refractivity contribution in [3.8, 4) is 6.19 Å². The molecule has 0 aliphatic rings. The lowest BCUT2D eigenvalue weighted by Gasteiger charge is -2.05. The molecule has 1 N–H and O–H groups in total.